The number of sulfonamides is 1. The van der Waals surface area contributed by atoms with E-state index in [-0.39, 0.29) is 23.6 Å². The molecule has 0 unspecified atom stereocenters. The Morgan fingerprint density at radius 3 is 2.60 bits per heavy atom. The summed E-state index contributed by atoms with van der Waals surface area (Å²) in [5, 5.41) is 8.11. The monoisotopic (exact) mass is 452 g/mol. The Morgan fingerprint density at radius 2 is 2.00 bits per heavy atom. The predicted molar refractivity (Wildman–Crippen MR) is 119 cm³/mol. The van der Waals surface area contributed by atoms with Crippen LogP contribution in [0.1, 0.15) is 62.0 Å². The molecule has 1 saturated heterocycles. The molecule has 0 atom stereocenters. The van der Waals surface area contributed by atoms with Crippen LogP contribution >= 0.6 is 11.6 Å². The van der Waals surface area contributed by atoms with Gasteiger partial charge in [-0.05, 0) is 43.4 Å². The van der Waals surface area contributed by atoms with Crippen LogP contribution in [0.15, 0.2) is 30.5 Å². The maximum absolute atomic E-state index is 13.0. The molecule has 9 heteroatoms. The number of hydrogen-bond donors (Lipinski definition) is 1. The van der Waals surface area contributed by atoms with Crippen molar-refractivity contribution >= 4 is 27.5 Å². The summed E-state index contributed by atoms with van der Waals surface area (Å²) in [6.07, 6.45) is 3.41. The second-order valence-electron chi connectivity index (χ2n) is 7.95. The Labute approximate surface area is 183 Å². The van der Waals surface area contributed by atoms with Gasteiger partial charge in [0.05, 0.1) is 28.9 Å². The molecule has 1 N–H and O–H groups in total. The normalized spacial score (nSPS) is 16.2. The molecule has 2 heterocycles. The molecule has 1 amide bonds. The zero-order valence-corrected chi connectivity index (χ0v) is 19.2. The summed E-state index contributed by atoms with van der Waals surface area (Å²) >= 11 is 6.12. The van der Waals surface area contributed by atoms with Gasteiger partial charge >= 0.3 is 0 Å². The molecular formula is C21H29ClN4O3S. The van der Waals surface area contributed by atoms with Gasteiger partial charge in [0.15, 0.2) is 0 Å². The van der Waals surface area contributed by atoms with E-state index >= 15 is 0 Å². The van der Waals surface area contributed by atoms with Gasteiger partial charge in [-0.25, -0.2) is 17.4 Å². The number of halogens is 1. The fourth-order valence-electron chi connectivity index (χ4n) is 3.83. The maximum Gasteiger partial charge on any atom is 0.255 e. The SMILES string of the molecule is CCCS(=O)(=O)N1CCC(NC(=O)c2cnn(-c3cccc(Cl)c3)c2C(C)C)CC1. The molecule has 2 aromatic rings. The van der Waals surface area contributed by atoms with E-state index in [9.17, 15) is 13.2 Å². The molecule has 0 spiro atoms. The van der Waals surface area contributed by atoms with Gasteiger partial charge in [0.2, 0.25) is 10.0 Å². The van der Waals surface area contributed by atoms with E-state index < -0.39 is 10.0 Å². The Kier molecular flexibility index (Phi) is 7.21. The predicted octanol–water partition coefficient (Wildman–Crippen LogP) is 3.58. The minimum atomic E-state index is -3.19. The number of nitrogens with zero attached hydrogens (tertiary/aromatic N) is 3. The van der Waals surface area contributed by atoms with Crippen LogP contribution in [0.2, 0.25) is 5.02 Å². The van der Waals surface area contributed by atoms with Crippen molar-refractivity contribution in [2.45, 2.75) is 52.0 Å². The number of nitrogens with one attached hydrogen (secondary N) is 1. The third kappa shape index (κ3) is 5.04. The van der Waals surface area contributed by atoms with E-state index in [0.29, 0.717) is 42.9 Å². The molecule has 1 aliphatic heterocycles. The summed E-state index contributed by atoms with van der Waals surface area (Å²) in [4.78, 5) is 13.0. The quantitative estimate of drug-likeness (QED) is 0.695. The van der Waals surface area contributed by atoms with E-state index in [1.54, 1.807) is 16.9 Å². The number of amides is 1. The lowest BCUT2D eigenvalue weighted by molar-refractivity contribution is 0.0922. The van der Waals surface area contributed by atoms with Gasteiger partial charge in [0.25, 0.3) is 5.91 Å². The van der Waals surface area contributed by atoms with Crippen LogP contribution in [0.3, 0.4) is 0 Å². The second-order valence-corrected chi connectivity index (χ2v) is 10.5. The van der Waals surface area contributed by atoms with Gasteiger partial charge in [-0.1, -0.05) is 38.4 Å². The summed E-state index contributed by atoms with van der Waals surface area (Å²) in [5.74, 6) is 0.0693. The molecule has 7 nitrogen and oxygen atoms in total. The average Bonchev–Trinajstić information content (AvgIpc) is 3.14. The number of hydrogen-bond acceptors (Lipinski definition) is 4. The standard InChI is InChI=1S/C21H29ClN4O3S/c1-4-12-30(28,29)25-10-8-17(9-11-25)24-21(27)19-14-23-26(20(19)15(2)3)18-7-5-6-16(22)13-18/h5-7,13-15,17H,4,8-12H2,1-3H3,(H,24,27). The lowest BCUT2D eigenvalue weighted by atomic mass is 10.0. The molecule has 0 radical (unpaired) electrons. The van der Waals surface area contributed by atoms with Crippen molar-refractivity contribution in [3.05, 3.63) is 46.7 Å². The molecule has 1 aliphatic rings. The first-order chi connectivity index (χ1) is 14.2. The topological polar surface area (TPSA) is 84.3 Å². The minimum Gasteiger partial charge on any atom is -0.349 e. The molecule has 0 aliphatic carbocycles. The van der Waals surface area contributed by atoms with E-state index in [4.69, 9.17) is 11.6 Å². The summed E-state index contributed by atoms with van der Waals surface area (Å²) in [5.41, 5.74) is 2.16. The van der Waals surface area contributed by atoms with E-state index in [2.05, 4.69) is 10.4 Å². The Hall–Kier alpha value is -1.90. The highest BCUT2D eigenvalue weighted by Gasteiger charge is 2.29. The first-order valence-electron chi connectivity index (χ1n) is 10.4. The number of carbonyl (C=O) groups is 1. The van der Waals surface area contributed by atoms with Gasteiger partial charge in [-0.3, -0.25) is 4.79 Å². The van der Waals surface area contributed by atoms with Crippen LogP contribution in [-0.4, -0.2) is 53.3 Å². The van der Waals surface area contributed by atoms with Crippen molar-refractivity contribution in [1.29, 1.82) is 0 Å². The number of rotatable bonds is 7. The van der Waals surface area contributed by atoms with Crippen molar-refractivity contribution in [3.8, 4) is 5.69 Å². The fraction of sp³-hybridized carbons (Fsp3) is 0.524. The van der Waals surface area contributed by atoms with Gasteiger partial charge in [0.1, 0.15) is 0 Å². The Bertz CT molecular complexity index is 995. The highest BCUT2D eigenvalue weighted by molar-refractivity contribution is 7.89. The molecule has 3 rings (SSSR count). The van der Waals surface area contributed by atoms with Crippen molar-refractivity contribution < 1.29 is 13.2 Å². The van der Waals surface area contributed by atoms with E-state index in [1.807, 2.05) is 39.0 Å². The van der Waals surface area contributed by atoms with Gasteiger partial charge in [-0.2, -0.15) is 5.10 Å². The van der Waals surface area contributed by atoms with Crippen molar-refractivity contribution in [2.24, 2.45) is 0 Å². The van der Waals surface area contributed by atoms with E-state index in [0.717, 1.165) is 11.4 Å². The third-order valence-electron chi connectivity index (χ3n) is 5.30. The molecule has 1 fully saturated rings. The first-order valence-corrected chi connectivity index (χ1v) is 12.3. The van der Waals surface area contributed by atoms with Crippen molar-refractivity contribution in [3.63, 3.8) is 0 Å². The zero-order valence-electron chi connectivity index (χ0n) is 17.6. The molecule has 1 aromatic heterocycles. The largest absolute Gasteiger partial charge is 0.349 e. The zero-order chi connectivity index (χ0) is 21.9. The van der Waals surface area contributed by atoms with Crippen molar-refractivity contribution in [1.82, 2.24) is 19.4 Å². The molecule has 30 heavy (non-hydrogen) atoms. The van der Waals surface area contributed by atoms with Crippen LogP contribution in [0.5, 0.6) is 0 Å². The average molecular weight is 453 g/mol. The van der Waals surface area contributed by atoms with E-state index in [1.165, 1.54) is 4.31 Å². The fourth-order valence-corrected chi connectivity index (χ4v) is 5.56. The lowest BCUT2D eigenvalue weighted by Gasteiger charge is -2.31. The van der Waals surface area contributed by atoms with Crippen LogP contribution in [0, 0.1) is 0 Å². The Morgan fingerprint density at radius 1 is 1.30 bits per heavy atom. The molecule has 0 saturated carbocycles. The summed E-state index contributed by atoms with van der Waals surface area (Å²) < 4.78 is 27.8. The van der Waals surface area contributed by atoms with Crippen LogP contribution < -0.4 is 5.32 Å². The summed E-state index contributed by atoms with van der Waals surface area (Å²) in [6.45, 7) is 6.77. The van der Waals surface area contributed by atoms with Gasteiger partial charge in [-0.15, -0.1) is 0 Å². The summed E-state index contributed by atoms with van der Waals surface area (Å²) in [7, 11) is -3.19. The molecule has 0 bridgehead atoms. The smallest absolute Gasteiger partial charge is 0.255 e. The first kappa shape index (κ1) is 22.8. The highest BCUT2D eigenvalue weighted by Crippen LogP contribution is 2.25. The van der Waals surface area contributed by atoms with Crippen molar-refractivity contribution in [2.75, 3.05) is 18.8 Å². The highest BCUT2D eigenvalue weighted by atomic mass is 35.5. The molecular weight excluding hydrogens is 424 g/mol. The number of carbonyl (C=O) groups excluding carboxylic acids is 1. The van der Waals surface area contributed by atoms with Crippen LogP contribution in [0.4, 0.5) is 0 Å². The minimum absolute atomic E-state index is 0.0555. The van der Waals surface area contributed by atoms with Gasteiger partial charge < -0.3 is 5.32 Å². The number of piperidine rings is 1. The third-order valence-corrected chi connectivity index (χ3v) is 7.61. The van der Waals surface area contributed by atoms with Gasteiger partial charge in [0, 0.05) is 24.2 Å². The molecule has 164 valence electrons. The summed E-state index contributed by atoms with van der Waals surface area (Å²) in [6, 6.07) is 7.31. The second kappa shape index (κ2) is 9.49. The lowest BCUT2D eigenvalue weighted by Crippen LogP contribution is -2.47. The molecule has 1 aromatic carbocycles. The maximum atomic E-state index is 13.0. The Balaban J connectivity index is 1.72. The number of benzene rings is 1. The number of aromatic nitrogens is 2. The van der Waals surface area contributed by atoms with Crippen LogP contribution in [0.25, 0.3) is 5.69 Å². The van der Waals surface area contributed by atoms with Crippen LogP contribution in [-0.2, 0) is 10.0 Å².